The van der Waals surface area contributed by atoms with Gasteiger partial charge < -0.3 is 4.74 Å². The fourth-order valence-corrected chi connectivity index (χ4v) is 2.37. The maximum atomic E-state index is 11.9. The SMILES string of the molecule is COC(=O)/C=C/C(=O)c1cc(Cl)ccc1S(C)(=O)=O. The lowest BCUT2D eigenvalue weighted by Gasteiger charge is -2.05. The molecule has 0 radical (unpaired) electrons. The zero-order chi connectivity index (χ0) is 14.6. The van der Waals surface area contributed by atoms with Crippen molar-refractivity contribution in [1.29, 1.82) is 0 Å². The number of carbonyl (C=O) groups excluding carboxylic acids is 2. The average molecular weight is 303 g/mol. The molecule has 0 aliphatic rings. The van der Waals surface area contributed by atoms with Crippen LogP contribution in [0.1, 0.15) is 10.4 Å². The van der Waals surface area contributed by atoms with Gasteiger partial charge in [0.2, 0.25) is 0 Å². The van der Waals surface area contributed by atoms with Gasteiger partial charge in [0.25, 0.3) is 0 Å². The van der Waals surface area contributed by atoms with E-state index in [0.717, 1.165) is 18.4 Å². The van der Waals surface area contributed by atoms with Crippen LogP contribution in [0.4, 0.5) is 0 Å². The fourth-order valence-electron chi connectivity index (χ4n) is 1.32. The second-order valence-electron chi connectivity index (χ2n) is 3.63. The molecule has 5 nitrogen and oxygen atoms in total. The zero-order valence-electron chi connectivity index (χ0n) is 10.2. The van der Waals surface area contributed by atoms with E-state index < -0.39 is 21.6 Å². The fraction of sp³-hybridized carbons (Fsp3) is 0.167. The maximum absolute atomic E-state index is 11.9. The summed E-state index contributed by atoms with van der Waals surface area (Å²) < 4.78 is 27.4. The summed E-state index contributed by atoms with van der Waals surface area (Å²) in [6.45, 7) is 0. The van der Waals surface area contributed by atoms with Crippen molar-refractivity contribution in [2.24, 2.45) is 0 Å². The number of allylic oxidation sites excluding steroid dienone is 1. The van der Waals surface area contributed by atoms with E-state index in [1.165, 1.54) is 25.3 Å². The van der Waals surface area contributed by atoms with Crippen LogP contribution in [0.25, 0.3) is 0 Å². The molecule has 0 aliphatic carbocycles. The number of ketones is 1. The molecule has 1 aromatic rings. The summed E-state index contributed by atoms with van der Waals surface area (Å²) in [5.41, 5.74) is -0.0878. The van der Waals surface area contributed by atoms with Crippen LogP contribution >= 0.6 is 11.6 Å². The first kappa shape index (κ1) is 15.4. The summed E-state index contributed by atoms with van der Waals surface area (Å²) in [7, 11) is -2.40. The minimum Gasteiger partial charge on any atom is -0.466 e. The van der Waals surface area contributed by atoms with Gasteiger partial charge in [-0.05, 0) is 24.3 Å². The van der Waals surface area contributed by atoms with Crippen LogP contribution in [0.5, 0.6) is 0 Å². The van der Waals surface area contributed by atoms with E-state index in [-0.39, 0.29) is 15.5 Å². The van der Waals surface area contributed by atoms with Crippen molar-refractivity contribution in [3.63, 3.8) is 0 Å². The van der Waals surface area contributed by atoms with Crippen molar-refractivity contribution in [3.05, 3.63) is 40.9 Å². The Hall–Kier alpha value is -1.66. The Morgan fingerprint density at radius 1 is 1.26 bits per heavy atom. The van der Waals surface area contributed by atoms with Gasteiger partial charge >= 0.3 is 5.97 Å². The number of halogens is 1. The Morgan fingerprint density at radius 3 is 2.42 bits per heavy atom. The topological polar surface area (TPSA) is 77.5 Å². The molecule has 0 aliphatic heterocycles. The van der Waals surface area contributed by atoms with Gasteiger partial charge in [-0.25, -0.2) is 13.2 Å². The molecule has 0 amide bonds. The number of ether oxygens (including phenoxy) is 1. The van der Waals surface area contributed by atoms with Crippen LogP contribution in [0.3, 0.4) is 0 Å². The molecule has 0 saturated heterocycles. The van der Waals surface area contributed by atoms with Crippen molar-refractivity contribution in [1.82, 2.24) is 0 Å². The standard InChI is InChI=1S/C12H11ClO5S/c1-18-12(15)6-4-10(14)9-7-8(13)3-5-11(9)19(2,16)17/h3-7H,1-2H3/b6-4+. The lowest BCUT2D eigenvalue weighted by atomic mass is 10.1. The molecule has 0 atom stereocenters. The van der Waals surface area contributed by atoms with Crippen LogP contribution < -0.4 is 0 Å². The van der Waals surface area contributed by atoms with Crippen LogP contribution in [0.15, 0.2) is 35.2 Å². The highest BCUT2D eigenvalue weighted by Crippen LogP contribution is 2.21. The third kappa shape index (κ3) is 4.18. The van der Waals surface area contributed by atoms with Gasteiger partial charge in [0.1, 0.15) is 0 Å². The van der Waals surface area contributed by atoms with Crippen molar-refractivity contribution >= 4 is 33.2 Å². The predicted molar refractivity (Wildman–Crippen MR) is 70.0 cm³/mol. The van der Waals surface area contributed by atoms with Crippen molar-refractivity contribution in [2.75, 3.05) is 13.4 Å². The van der Waals surface area contributed by atoms with Crippen LogP contribution in [-0.4, -0.2) is 33.5 Å². The van der Waals surface area contributed by atoms with Crippen LogP contribution in [0.2, 0.25) is 5.02 Å². The first-order valence-corrected chi connectivity index (χ1v) is 7.32. The molecular formula is C12H11ClO5S. The van der Waals surface area contributed by atoms with E-state index in [4.69, 9.17) is 11.6 Å². The normalized spacial score (nSPS) is 11.5. The van der Waals surface area contributed by atoms with E-state index in [2.05, 4.69) is 4.74 Å². The first-order chi connectivity index (χ1) is 8.75. The molecule has 102 valence electrons. The van der Waals surface area contributed by atoms with Crippen molar-refractivity contribution < 1.29 is 22.7 Å². The van der Waals surface area contributed by atoms with Crippen molar-refractivity contribution in [2.45, 2.75) is 4.90 Å². The number of rotatable bonds is 4. The Bertz CT molecular complexity index is 646. The number of carbonyl (C=O) groups is 2. The quantitative estimate of drug-likeness (QED) is 0.480. The second-order valence-corrected chi connectivity index (χ2v) is 6.05. The van der Waals surface area contributed by atoms with E-state index in [0.29, 0.717) is 0 Å². The van der Waals surface area contributed by atoms with Gasteiger partial charge in [-0.1, -0.05) is 11.6 Å². The minimum absolute atomic E-state index is 0.0878. The molecule has 0 unspecified atom stereocenters. The highest BCUT2D eigenvalue weighted by Gasteiger charge is 2.17. The number of esters is 1. The van der Waals surface area contributed by atoms with Gasteiger partial charge in [0.15, 0.2) is 15.6 Å². The third-order valence-electron chi connectivity index (χ3n) is 2.18. The number of methoxy groups -OCH3 is 1. The summed E-state index contributed by atoms with van der Waals surface area (Å²) in [6.07, 6.45) is 2.83. The minimum atomic E-state index is -3.57. The first-order valence-electron chi connectivity index (χ1n) is 5.05. The van der Waals surface area contributed by atoms with E-state index in [1.807, 2.05) is 0 Å². The lowest BCUT2D eigenvalue weighted by Crippen LogP contribution is -2.07. The predicted octanol–water partition coefficient (Wildman–Crippen LogP) is 1.66. The number of benzene rings is 1. The number of hydrogen-bond donors (Lipinski definition) is 0. The van der Waals surface area contributed by atoms with Gasteiger partial charge in [0, 0.05) is 22.9 Å². The summed E-state index contributed by atoms with van der Waals surface area (Å²) >= 11 is 5.74. The molecule has 0 bridgehead atoms. The Kier molecular flexibility index (Phi) is 4.85. The van der Waals surface area contributed by atoms with Crippen LogP contribution in [-0.2, 0) is 19.4 Å². The monoisotopic (exact) mass is 302 g/mol. The number of hydrogen-bond acceptors (Lipinski definition) is 5. The molecule has 0 N–H and O–H groups in total. The molecule has 1 aromatic carbocycles. The highest BCUT2D eigenvalue weighted by atomic mass is 35.5. The summed E-state index contributed by atoms with van der Waals surface area (Å²) in [5.74, 6) is -1.36. The molecule has 0 fully saturated rings. The summed E-state index contributed by atoms with van der Waals surface area (Å²) in [6, 6.07) is 3.86. The molecule has 0 spiro atoms. The molecule has 1 rings (SSSR count). The molecule has 19 heavy (non-hydrogen) atoms. The van der Waals surface area contributed by atoms with E-state index in [9.17, 15) is 18.0 Å². The Morgan fingerprint density at radius 2 is 1.89 bits per heavy atom. The molecule has 7 heteroatoms. The molecular weight excluding hydrogens is 292 g/mol. The smallest absolute Gasteiger partial charge is 0.330 e. The summed E-state index contributed by atoms with van der Waals surface area (Å²) in [4.78, 5) is 22.6. The summed E-state index contributed by atoms with van der Waals surface area (Å²) in [5, 5.41) is 0.224. The second kappa shape index (κ2) is 5.99. The Balaban J connectivity index is 3.26. The Labute approximate surface area is 115 Å². The average Bonchev–Trinajstić information content (AvgIpc) is 2.33. The van der Waals surface area contributed by atoms with Crippen molar-refractivity contribution in [3.8, 4) is 0 Å². The highest BCUT2D eigenvalue weighted by molar-refractivity contribution is 7.90. The van der Waals surface area contributed by atoms with Gasteiger partial charge in [-0.15, -0.1) is 0 Å². The van der Waals surface area contributed by atoms with Gasteiger partial charge in [-0.3, -0.25) is 4.79 Å². The molecule has 0 saturated carbocycles. The van der Waals surface area contributed by atoms with Gasteiger partial charge in [-0.2, -0.15) is 0 Å². The van der Waals surface area contributed by atoms with E-state index >= 15 is 0 Å². The van der Waals surface area contributed by atoms with E-state index in [1.54, 1.807) is 0 Å². The largest absolute Gasteiger partial charge is 0.466 e. The maximum Gasteiger partial charge on any atom is 0.330 e. The molecule has 0 aromatic heterocycles. The third-order valence-corrected chi connectivity index (χ3v) is 3.57. The van der Waals surface area contributed by atoms with Crippen LogP contribution in [0, 0.1) is 0 Å². The molecule has 0 heterocycles. The lowest BCUT2D eigenvalue weighted by molar-refractivity contribution is -0.134. The zero-order valence-corrected chi connectivity index (χ0v) is 11.8. The number of sulfone groups is 1. The van der Waals surface area contributed by atoms with Gasteiger partial charge in [0.05, 0.1) is 12.0 Å².